The molecule has 0 aliphatic rings. The molecule has 0 heterocycles. The Morgan fingerprint density at radius 1 is 1.29 bits per heavy atom. The molecule has 1 aromatic rings. The van der Waals surface area contributed by atoms with E-state index in [9.17, 15) is 13.2 Å². The van der Waals surface area contributed by atoms with Crippen LogP contribution < -0.4 is 5.32 Å². The van der Waals surface area contributed by atoms with E-state index in [2.05, 4.69) is 5.32 Å². The third-order valence-corrected chi connectivity index (χ3v) is 4.35. The van der Waals surface area contributed by atoms with Gasteiger partial charge in [-0.25, -0.2) is 8.42 Å². The predicted molar refractivity (Wildman–Crippen MR) is 66.5 cm³/mol. The minimum Gasteiger partial charge on any atom is -0.356 e. The van der Waals surface area contributed by atoms with Crippen molar-refractivity contribution in [3.63, 3.8) is 0 Å². The summed E-state index contributed by atoms with van der Waals surface area (Å²) in [5.74, 6) is -0.0868. The average Bonchev–Trinajstić information content (AvgIpc) is 2.24. The number of nitrogens with one attached hydrogen (secondary N) is 1. The van der Waals surface area contributed by atoms with Crippen molar-refractivity contribution in [2.45, 2.75) is 25.2 Å². The topological polar surface area (TPSA) is 63.2 Å². The van der Waals surface area contributed by atoms with Crippen LogP contribution in [0.25, 0.3) is 0 Å². The van der Waals surface area contributed by atoms with Crippen LogP contribution in [0.5, 0.6) is 0 Å². The Kier molecular flexibility index (Phi) is 4.69. The maximum atomic E-state index is 12.0. The van der Waals surface area contributed by atoms with Crippen molar-refractivity contribution in [1.82, 2.24) is 5.32 Å². The van der Waals surface area contributed by atoms with Gasteiger partial charge in [0.1, 0.15) is 0 Å². The highest BCUT2D eigenvalue weighted by molar-refractivity contribution is 7.91. The van der Waals surface area contributed by atoms with Gasteiger partial charge >= 0.3 is 0 Å². The van der Waals surface area contributed by atoms with E-state index in [4.69, 9.17) is 0 Å². The molecule has 0 aliphatic heterocycles. The number of aryl methyl sites for hydroxylation is 1. The van der Waals surface area contributed by atoms with Crippen molar-refractivity contribution >= 4 is 15.7 Å². The van der Waals surface area contributed by atoms with Gasteiger partial charge in [0.15, 0.2) is 9.84 Å². The Balaban J connectivity index is 2.64. The largest absolute Gasteiger partial charge is 0.356 e. The number of hydrogen-bond donors (Lipinski definition) is 1. The fourth-order valence-electron chi connectivity index (χ4n) is 1.54. The average molecular weight is 255 g/mol. The van der Waals surface area contributed by atoms with Gasteiger partial charge in [0.05, 0.1) is 10.6 Å². The Hall–Kier alpha value is -1.36. The van der Waals surface area contributed by atoms with Gasteiger partial charge in [-0.05, 0) is 25.0 Å². The molecular formula is C12H17NO3S. The molecule has 17 heavy (non-hydrogen) atoms. The van der Waals surface area contributed by atoms with E-state index in [0.717, 1.165) is 5.56 Å². The van der Waals surface area contributed by atoms with Crippen LogP contribution in [-0.4, -0.2) is 26.6 Å². The first-order chi connectivity index (χ1) is 7.93. The van der Waals surface area contributed by atoms with Crippen molar-refractivity contribution in [3.8, 4) is 0 Å². The third kappa shape index (κ3) is 4.19. The van der Waals surface area contributed by atoms with E-state index in [1.807, 2.05) is 6.07 Å². The van der Waals surface area contributed by atoms with Gasteiger partial charge in [0.2, 0.25) is 5.91 Å². The fraction of sp³-hybridized carbons (Fsp3) is 0.417. The van der Waals surface area contributed by atoms with E-state index >= 15 is 0 Å². The number of sulfone groups is 1. The van der Waals surface area contributed by atoms with Gasteiger partial charge in [-0.15, -0.1) is 0 Å². The molecule has 0 aliphatic carbocycles. The Labute approximate surface area is 102 Å². The maximum Gasteiger partial charge on any atom is 0.216 e. The van der Waals surface area contributed by atoms with E-state index in [1.165, 1.54) is 6.92 Å². The SMILES string of the molecule is CC(=O)NCCCS(=O)(=O)c1ccccc1C. The molecule has 5 heteroatoms. The quantitative estimate of drug-likeness (QED) is 0.806. The summed E-state index contributed by atoms with van der Waals surface area (Å²) < 4.78 is 24.0. The molecule has 0 spiro atoms. The van der Waals surface area contributed by atoms with Gasteiger partial charge in [-0.2, -0.15) is 0 Å². The van der Waals surface area contributed by atoms with Crippen LogP contribution in [0.1, 0.15) is 18.9 Å². The van der Waals surface area contributed by atoms with Gasteiger partial charge < -0.3 is 5.32 Å². The van der Waals surface area contributed by atoms with Crippen LogP contribution in [0.2, 0.25) is 0 Å². The zero-order chi connectivity index (χ0) is 12.9. The molecule has 4 nitrogen and oxygen atoms in total. The Bertz CT molecular complexity index is 494. The van der Waals surface area contributed by atoms with Crippen LogP contribution in [0.15, 0.2) is 29.2 Å². The summed E-state index contributed by atoms with van der Waals surface area (Å²) in [4.78, 5) is 11.0. The lowest BCUT2D eigenvalue weighted by atomic mass is 10.2. The lowest BCUT2D eigenvalue weighted by molar-refractivity contribution is -0.118. The molecule has 0 fully saturated rings. The molecule has 1 N–H and O–H groups in total. The Morgan fingerprint density at radius 2 is 1.94 bits per heavy atom. The standard InChI is InChI=1S/C12H17NO3S/c1-10-6-3-4-7-12(10)17(15,16)9-5-8-13-11(2)14/h3-4,6-7H,5,8-9H2,1-2H3,(H,13,14). The monoisotopic (exact) mass is 255 g/mol. The highest BCUT2D eigenvalue weighted by atomic mass is 32.2. The minimum atomic E-state index is -3.24. The Morgan fingerprint density at radius 3 is 2.53 bits per heavy atom. The van der Waals surface area contributed by atoms with Gasteiger partial charge in [0, 0.05) is 13.5 Å². The summed E-state index contributed by atoms with van der Waals surface area (Å²) in [7, 11) is -3.24. The first kappa shape index (κ1) is 13.7. The molecule has 1 rings (SSSR count). The van der Waals surface area contributed by atoms with Crippen LogP contribution in [0.4, 0.5) is 0 Å². The summed E-state index contributed by atoms with van der Waals surface area (Å²) in [6.45, 7) is 3.58. The smallest absolute Gasteiger partial charge is 0.216 e. The van der Waals surface area contributed by atoms with Crippen molar-refractivity contribution in [2.24, 2.45) is 0 Å². The fourth-order valence-corrected chi connectivity index (χ4v) is 3.13. The van der Waals surface area contributed by atoms with Crippen LogP contribution in [0, 0.1) is 6.92 Å². The number of carbonyl (C=O) groups is 1. The van der Waals surface area contributed by atoms with Gasteiger partial charge in [0.25, 0.3) is 0 Å². The zero-order valence-corrected chi connectivity index (χ0v) is 10.9. The minimum absolute atomic E-state index is 0.0537. The number of hydrogen-bond acceptors (Lipinski definition) is 3. The first-order valence-corrected chi connectivity index (χ1v) is 7.11. The van der Waals surface area contributed by atoms with Crippen molar-refractivity contribution in [2.75, 3.05) is 12.3 Å². The second kappa shape index (κ2) is 5.82. The molecule has 0 bridgehead atoms. The summed E-state index contributed by atoms with van der Waals surface area (Å²) in [6.07, 6.45) is 0.427. The van der Waals surface area contributed by atoms with Crippen molar-refractivity contribution in [3.05, 3.63) is 29.8 Å². The van der Waals surface area contributed by atoms with E-state index in [0.29, 0.717) is 17.9 Å². The highest BCUT2D eigenvalue weighted by Crippen LogP contribution is 2.16. The lowest BCUT2D eigenvalue weighted by Crippen LogP contribution is -2.23. The molecule has 0 aromatic heterocycles. The number of benzene rings is 1. The van der Waals surface area contributed by atoms with Crippen LogP contribution in [0.3, 0.4) is 0 Å². The lowest BCUT2D eigenvalue weighted by Gasteiger charge is -2.07. The molecule has 0 radical (unpaired) electrons. The van der Waals surface area contributed by atoms with E-state index < -0.39 is 9.84 Å². The summed E-state index contributed by atoms with van der Waals surface area (Å²) in [5.41, 5.74) is 0.757. The molecular weight excluding hydrogens is 238 g/mol. The van der Waals surface area contributed by atoms with E-state index in [1.54, 1.807) is 25.1 Å². The number of carbonyl (C=O) groups excluding carboxylic acids is 1. The molecule has 0 saturated carbocycles. The molecule has 94 valence electrons. The second-order valence-corrected chi connectivity index (χ2v) is 6.00. The molecule has 0 atom stereocenters. The molecule has 0 saturated heterocycles. The van der Waals surface area contributed by atoms with Crippen LogP contribution >= 0.6 is 0 Å². The zero-order valence-electron chi connectivity index (χ0n) is 10.1. The summed E-state index contributed by atoms with van der Waals surface area (Å²) in [6, 6.07) is 6.92. The van der Waals surface area contributed by atoms with Crippen LogP contribution in [-0.2, 0) is 14.6 Å². The molecule has 1 amide bonds. The maximum absolute atomic E-state index is 12.0. The molecule has 0 unspecified atom stereocenters. The van der Waals surface area contributed by atoms with Crippen molar-refractivity contribution < 1.29 is 13.2 Å². The molecule has 1 aromatic carbocycles. The number of rotatable bonds is 5. The first-order valence-electron chi connectivity index (χ1n) is 5.46. The normalized spacial score (nSPS) is 11.2. The van der Waals surface area contributed by atoms with Gasteiger partial charge in [-0.3, -0.25) is 4.79 Å². The summed E-state index contributed by atoms with van der Waals surface area (Å²) >= 11 is 0. The number of amides is 1. The predicted octanol–water partition coefficient (Wildman–Crippen LogP) is 1.29. The van der Waals surface area contributed by atoms with Gasteiger partial charge in [-0.1, -0.05) is 18.2 Å². The summed E-state index contributed by atoms with van der Waals surface area (Å²) in [5, 5.41) is 2.58. The van der Waals surface area contributed by atoms with Crippen molar-refractivity contribution in [1.29, 1.82) is 0 Å². The van der Waals surface area contributed by atoms with E-state index in [-0.39, 0.29) is 11.7 Å². The second-order valence-electron chi connectivity index (χ2n) is 3.92. The third-order valence-electron chi connectivity index (χ3n) is 2.39. The highest BCUT2D eigenvalue weighted by Gasteiger charge is 2.15.